The van der Waals surface area contributed by atoms with Crippen LogP contribution in [0.25, 0.3) is 11.3 Å². The van der Waals surface area contributed by atoms with Crippen LogP contribution >= 0.6 is 0 Å². The average molecular weight is 285 g/mol. The van der Waals surface area contributed by atoms with Gasteiger partial charge in [0, 0.05) is 30.1 Å². The molecule has 1 aliphatic rings. The van der Waals surface area contributed by atoms with Crippen LogP contribution in [-0.4, -0.2) is 46.8 Å². The van der Waals surface area contributed by atoms with Crippen LogP contribution in [0.3, 0.4) is 0 Å². The SMILES string of the molecule is CN1CCC(CNCc2cn[nH]c2-c2cccnc2)CC1. The Kier molecular flexibility index (Phi) is 4.62. The molecule has 1 aliphatic heterocycles. The minimum atomic E-state index is 0.801. The second-order valence-corrected chi connectivity index (χ2v) is 5.89. The zero-order valence-corrected chi connectivity index (χ0v) is 12.5. The second kappa shape index (κ2) is 6.83. The highest BCUT2D eigenvalue weighted by Crippen LogP contribution is 2.20. The van der Waals surface area contributed by atoms with Crippen LogP contribution in [0.1, 0.15) is 18.4 Å². The first kappa shape index (κ1) is 14.2. The van der Waals surface area contributed by atoms with Crippen molar-refractivity contribution in [1.29, 1.82) is 0 Å². The fourth-order valence-electron chi connectivity index (χ4n) is 2.88. The molecule has 112 valence electrons. The average Bonchev–Trinajstić information content (AvgIpc) is 2.99. The van der Waals surface area contributed by atoms with Crippen LogP contribution in [0.4, 0.5) is 0 Å². The van der Waals surface area contributed by atoms with E-state index in [1.165, 1.54) is 31.5 Å². The first-order valence-corrected chi connectivity index (χ1v) is 7.65. The summed E-state index contributed by atoms with van der Waals surface area (Å²) >= 11 is 0. The highest BCUT2D eigenvalue weighted by molar-refractivity contribution is 5.61. The van der Waals surface area contributed by atoms with E-state index in [0.717, 1.165) is 30.3 Å². The summed E-state index contributed by atoms with van der Waals surface area (Å²) in [6, 6.07) is 4.01. The van der Waals surface area contributed by atoms with Crippen LogP contribution < -0.4 is 5.32 Å². The fraction of sp³-hybridized carbons (Fsp3) is 0.500. The number of piperidine rings is 1. The quantitative estimate of drug-likeness (QED) is 0.881. The maximum atomic E-state index is 4.17. The van der Waals surface area contributed by atoms with Crippen molar-refractivity contribution in [2.24, 2.45) is 5.92 Å². The molecule has 5 nitrogen and oxygen atoms in total. The summed E-state index contributed by atoms with van der Waals surface area (Å²) in [7, 11) is 2.20. The molecule has 2 aromatic rings. The molecule has 0 amide bonds. The number of pyridine rings is 1. The summed E-state index contributed by atoms with van der Waals surface area (Å²) in [5.41, 5.74) is 3.36. The molecule has 21 heavy (non-hydrogen) atoms. The number of nitrogens with one attached hydrogen (secondary N) is 2. The van der Waals surface area contributed by atoms with E-state index in [-0.39, 0.29) is 0 Å². The van der Waals surface area contributed by atoms with E-state index >= 15 is 0 Å². The second-order valence-electron chi connectivity index (χ2n) is 5.89. The predicted molar refractivity (Wildman–Crippen MR) is 83.7 cm³/mol. The Hall–Kier alpha value is -1.72. The van der Waals surface area contributed by atoms with Gasteiger partial charge in [-0.05, 0) is 57.6 Å². The number of rotatable bonds is 5. The highest BCUT2D eigenvalue weighted by atomic mass is 15.1. The van der Waals surface area contributed by atoms with Crippen LogP contribution in [0.15, 0.2) is 30.7 Å². The van der Waals surface area contributed by atoms with Crippen molar-refractivity contribution in [1.82, 2.24) is 25.4 Å². The Morgan fingerprint density at radius 1 is 1.33 bits per heavy atom. The number of hydrogen-bond acceptors (Lipinski definition) is 4. The fourth-order valence-corrected chi connectivity index (χ4v) is 2.88. The number of nitrogens with zero attached hydrogens (tertiary/aromatic N) is 3. The molecule has 0 atom stereocenters. The van der Waals surface area contributed by atoms with Crippen molar-refractivity contribution >= 4 is 0 Å². The Morgan fingerprint density at radius 2 is 2.19 bits per heavy atom. The molecule has 1 saturated heterocycles. The van der Waals surface area contributed by atoms with Crippen LogP contribution in [-0.2, 0) is 6.54 Å². The number of likely N-dealkylation sites (tertiary alicyclic amines) is 1. The lowest BCUT2D eigenvalue weighted by atomic mass is 9.97. The van der Waals surface area contributed by atoms with Gasteiger partial charge in [-0.2, -0.15) is 5.10 Å². The Morgan fingerprint density at radius 3 is 2.95 bits per heavy atom. The van der Waals surface area contributed by atoms with Crippen molar-refractivity contribution in [3.63, 3.8) is 0 Å². The third kappa shape index (κ3) is 3.68. The van der Waals surface area contributed by atoms with Gasteiger partial charge in [0.1, 0.15) is 0 Å². The summed E-state index contributed by atoms with van der Waals surface area (Å²) in [6.07, 6.45) is 8.16. The van der Waals surface area contributed by atoms with Gasteiger partial charge in [-0.25, -0.2) is 0 Å². The molecule has 0 aromatic carbocycles. The highest BCUT2D eigenvalue weighted by Gasteiger charge is 2.16. The van der Waals surface area contributed by atoms with E-state index in [1.807, 2.05) is 18.5 Å². The maximum absolute atomic E-state index is 4.17. The van der Waals surface area contributed by atoms with Gasteiger partial charge in [-0.3, -0.25) is 10.1 Å². The maximum Gasteiger partial charge on any atom is 0.0710 e. The van der Waals surface area contributed by atoms with E-state index in [1.54, 1.807) is 6.20 Å². The minimum Gasteiger partial charge on any atom is -0.312 e. The van der Waals surface area contributed by atoms with E-state index < -0.39 is 0 Å². The molecule has 3 heterocycles. The third-order valence-electron chi connectivity index (χ3n) is 4.25. The smallest absolute Gasteiger partial charge is 0.0710 e. The van der Waals surface area contributed by atoms with Crippen molar-refractivity contribution in [2.45, 2.75) is 19.4 Å². The van der Waals surface area contributed by atoms with Gasteiger partial charge in [0.15, 0.2) is 0 Å². The van der Waals surface area contributed by atoms with Gasteiger partial charge in [0.05, 0.1) is 11.9 Å². The van der Waals surface area contributed by atoms with E-state index in [9.17, 15) is 0 Å². The third-order valence-corrected chi connectivity index (χ3v) is 4.25. The molecule has 0 saturated carbocycles. The van der Waals surface area contributed by atoms with Gasteiger partial charge in [0.2, 0.25) is 0 Å². The van der Waals surface area contributed by atoms with E-state index in [0.29, 0.717) is 0 Å². The van der Waals surface area contributed by atoms with Crippen molar-refractivity contribution in [2.75, 3.05) is 26.7 Å². The van der Waals surface area contributed by atoms with E-state index in [4.69, 9.17) is 0 Å². The van der Waals surface area contributed by atoms with Gasteiger partial charge >= 0.3 is 0 Å². The molecule has 0 spiro atoms. The molecule has 0 unspecified atom stereocenters. The lowest BCUT2D eigenvalue weighted by molar-refractivity contribution is 0.216. The molecule has 3 rings (SSSR count). The van der Waals surface area contributed by atoms with Crippen LogP contribution in [0, 0.1) is 5.92 Å². The molecular formula is C16H23N5. The van der Waals surface area contributed by atoms with Crippen molar-refractivity contribution < 1.29 is 0 Å². The molecule has 5 heteroatoms. The van der Waals surface area contributed by atoms with Crippen molar-refractivity contribution in [3.8, 4) is 11.3 Å². The first-order chi connectivity index (χ1) is 10.3. The van der Waals surface area contributed by atoms with Crippen LogP contribution in [0.2, 0.25) is 0 Å². The summed E-state index contributed by atoms with van der Waals surface area (Å²) in [5, 5.41) is 10.8. The molecule has 2 N–H and O–H groups in total. The molecule has 0 bridgehead atoms. The Balaban J connectivity index is 1.53. The normalized spacial score (nSPS) is 17.2. The predicted octanol–water partition coefficient (Wildman–Crippen LogP) is 1.90. The summed E-state index contributed by atoms with van der Waals surface area (Å²) in [5.74, 6) is 0.801. The molecule has 2 aromatic heterocycles. The molecule has 0 radical (unpaired) electrons. The lowest BCUT2D eigenvalue weighted by Crippen LogP contribution is -2.34. The van der Waals surface area contributed by atoms with Crippen LogP contribution in [0.5, 0.6) is 0 Å². The van der Waals surface area contributed by atoms with E-state index in [2.05, 4.69) is 38.5 Å². The molecular weight excluding hydrogens is 262 g/mol. The van der Waals surface area contributed by atoms with Gasteiger partial charge in [0.25, 0.3) is 0 Å². The summed E-state index contributed by atoms with van der Waals surface area (Å²) in [6.45, 7) is 4.39. The Labute approximate surface area is 125 Å². The number of hydrogen-bond donors (Lipinski definition) is 2. The summed E-state index contributed by atoms with van der Waals surface area (Å²) in [4.78, 5) is 6.58. The zero-order valence-electron chi connectivity index (χ0n) is 12.5. The Bertz CT molecular complexity index is 543. The largest absolute Gasteiger partial charge is 0.312 e. The van der Waals surface area contributed by atoms with Gasteiger partial charge < -0.3 is 10.2 Å². The standard InChI is InChI=1S/C16H23N5/c1-21-7-4-13(5-8-21)9-18-11-15-12-19-20-16(15)14-3-2-6-17-10-14/h2-3,6,10,12-13,18H,4-5,7-9,11H2,1H3,(H,19,20). The molecule has 1 fully saturated rings. The first-order valence-electron chi connectivity index (χ1n) is 7.65. The molecule has 0 aliphatic carbocycles. The lowest BCUT2D eigenvalue weighted by Gasteiger charge is -2.29. The number of aromatic amines is 1. The number of H-pyrrole nitrogens is 1. The monoisotopic (exact) mass is 285 g/mol. The zero-order chi connectivity index (χ0) is 14.5. The summed E-state index contributed by atoms with van der Waals surface area (Å²) < 4.78 is 0. The minimum absolute atomic E-state index is 0.801. The topological polar surface area (TPSA) is 56.8 Å². The van der Waals surface area contributed by atoms with Gasteiger partial charge in [-0.15, -0.1) is 0 Å². The van der Waals surface area contributed by atoms with Crippen molar-refractivity contribution in [3.05, 3.63) is 36.3 Å². The van der Waals surface area contributed by atoms with Gasteiger partial charge in [-0.1, -0.05) is 0 Å². The number of aromatic nitrogens is 3.